The monoisotopic (exact) mass is 460 g/mol. The Kier molecular flexibility index (Phi) is 6.82. The first-order valence-corrected chi connectivity index (χ1v) is 11.1. The Morgan fingerprint density at radius 3 is 2.53 bits per heavy atom. The lowest BCUT2D eigenvalue weighted by Crippen LogP contribution is -2.28. The van der Waals surface area contributed by atoms with E-state index in [1.54, 1.807) is 28.3 Å². The molecule has 0 N–H and O–H groups in total. The number of aromatic nitrogens is 1. The number of hydrogen-bond acceptors (Lipinski definition) is 6. The van der Waals surface area contributed by atoms with Gasteiger partial charge in [0.2, 0.25) is 0 Å². The van der Waals surface area contributed by atoms with E-state index in [2.05, 4.69) is 6.08 Å². The molecule has 2 aromatic carbocycles. The number of hydrogen-bond donors (Lipinski definition) is 0. The van der Waals surface area contributed by atoms with Gasteiger partial charge in [0.15, 0.2) is 18.1 Å². The molecule has 1 amide bonds. The highest BCUT2D eigenvalue weighted by molar-refractivity contribution is 6.07. The van der Waals surface area contributed by atoms with Gasteiger partial charge in [-0.25, -0.2) is 9.78 Å². The number of pyridine rings is 1. The highest BCUT2D eigenvalue weighted by Crippen LogP contribution is 2.37. The molecule has 0 radical (unpaired) electrons. The fraction of sp³-hybridized carbons (Fsp3) is 0.296. The first kappa shape index (κ1) is 23.3. The van der Waals surface area contributed by atoms with Crippen molar-refractivity contribution in [3.8, 4) is 11.5 Å². The van der Waals surface area contributed by atoms with Crippen LogP contribution in [0.15, 0.2) is 42.5 Å². The van der Waals surface area contributed by atoms with Gasteiger partial charge >= 0.3 is 5.97 Å². The maximum absolute atomic E-state index is 13.2. The number of esters is 1. The average molecular weight is 461 g/mol. The third kappa shape index (κ3) is 4.59. The van der Waals surface area contributed by atoms with Crippen LogP contribution in [0.1, 0.15) is 40.0 Å². The lowest BCUT2D eigenvalue weighted by atomic mass is 9.86. The first-order chi connectivity index (χ1) is 16.4. The Morgan fingerprint density at radius 2 is 1.79 bits per heavy atom. The third-order valence-corrected chi connectivity index (χ3v) is 5.95. The van der Waals surface area contributed by atoms with Crippen molar-refractivity contribution in [2.24, 2.45) is 0 Å². The highest BCUT2D eigenvalue weighted by atomic mass is 16.5. The molecule has 1 aliphatic rings. The van der Waals surface area contributed by atoms with E-state index in [9.17, 15) is 9.59 Å². The molecular formula is C27H28N2O5. The van der Waals surface area contributed by atoms with Crippen molar-refractivity contribution < 1.29 is 23.8 Å². The van der Waals surface area contributed by atoms with Crippen molar-refractivity contribution in [2.45, 2.75) is 19.3 Å². The molecule has 0 saturated carbocycles. The molecule has 4 rings (SSSR count). The summed E-state index contributed by atoms with van der Waals surface area (Å²) in [5, 5.41) is 0.732. The second-order valence-electron chi connectivity index (χ2n) is 8.33. The van der Waals surface area contributed by atoms with Gasteiger partial charge in [0.1, 0.15) is 0 Å². The van der Waals surface area contributed by atoms with Crippen LogP contribution in [0.3, 0.4) is 0 Å². The summed E-state index contributed by atoms with van der Waals surface area (Å²) >= 11 is 0. The Morgan fingerprint density at radius 1 is 1.03 bits per heavy atom. The summed E-state index contributed by atoms with van der Waals surface area (Å²) in [5.74, 6) is 0.538. The second kappa shape index (κ2) is 9.95. The van der Waals surface area contributed by atoms with Crippen LogP contribution in [0.5, 0.6) is 11.5 Å². The number of carbonyl (C=O) groups excluding carboxylic acids is 2. The van der Waals surface area contributed by atoms with E-state index >= 15 is 0 Å². The van der Waals surface area contributed by atoms with E-state index in [-0.39, 0.29) is 12.5 Å². The van der Waals surface area contributed by atoms with Crippen molar-refractivity contribution in [3.63, 3.8) is 0 Å². The summed E-state index contributed by atoms with van der Waals surface area (Å²) < 4.78 is 16.2. The fourth-order valence-corrected chi connectivity index (χ4v) is 4.18. The topological polar surface area (TPSA) is 78.0 Å². The van der Waals surface area contributed by atoms with Crippen molar-refractivity contribution in [3.05, 3.63) is 64.8 Å². The predicted octanol–water partition coefficient (Wildman–Crippen LogP) is 4.37. The Bertz CT molecular complexity index is 1280. The normalized spacial score (nSPS) is 13.9. The molecule has 0 atom stereocenters. The van der Waals surface area contributed by atoms with Gasteiger partial charge in [0.05, 0.1) is 31.0 Å². The van der Waals surface area contributed by atoms with Crippen molar-refractivity contribution in [1.29, 1.82) is 0 Å². The molecular weight excluding hydrogens is 432 g/mol. The molecule has 3 aromatic rings. The van der Waals surface area contributed by atoms with Gasteiger partial charge < -0.3 is 19.1 Å². The van der Waals surface area contributed by atoms with Crippen LogP contribution in [-0.4, -0.2) is 56.7 Å². The molecule has 0 fully saturated rings. The lowest BCUT2D eigenvalue weighted by Gasteiger charge is -2.22. The number of allylic oxidation sites excluding steroid dienone is 1. The predicted molar refractivity (Wildman–Crippen MR) is 131 cm³/mol. The quantitative estimate of drug-likeness (QED) is 0.508. The minimum Gasteiger partial charge on any atom is -0.493 e. The van der Waals surface area contributed by atoms with Crippen LogP contribution < -0.4 is 9.47 Å². The van der Waals surface area contributed by atoms with Gasteiger partial charge in [-0.3, -0.25) is 4.79 Å². The standard InChI is InChI=1S/C27H28N2O5/c1-29(2)24(30)16-34-27(31)25-19-9-5-6-11-21(19)28-26-18(8-7-10-20(25)26)14-17-12-13-22(32-3)23(15-17)33-4/h5-6,9,11-15H,7-8,10,16H2,1-4H3. The Labute approximate surface area is 198 Å². The molecule has 1 aromatic heterocycles. The van der Waals surface area contributed by atoms with E-state index in [0.29, 0.717) is 29.0 Å². The summed E-state index contributed by atoms with van der Waals surface area (Å²) in [6, 6.07) is 13.3. The summed E-state index contributed by atoms with van der Waals surface area (Å²) in [5.41, 5.74) is 4.86. The fourth-order valence-electron chi connectivity index (χ4n) is 4.18. The van der Waals surface area contributed by atoms with Crippen LogP contribution >= 0.6 is 0 Å². The molecule has 7 heteroatoms. The van der Waals surface area contributed by atoms with Crippen LogP contribution in [0.25, 0.3) is 22.6 Å². The third-order valence-electron chi connectivity index (χ3n) is 5.95. The Balaban J connectivity index is 1.80. The molecule has 1 aliphatic carbocycles. The van der Waals surface area contributed by atoms with Crippen LogP contribution in [0, 0.1) is 0 Å². The molecule has 176 valence electrons. The Hall–Kier alpha value is -3.87. The van der Waals surface area contributed by atoms with Crippen LogP contribution in [0.4, 0.5) is 0 Å². The molecule has 0 spiro atoms. The number of amides is 1. The van der Waals surface area contributed by atoms with Crippen molar-refractivity contribution in [2.75, 3.05) is 34.9 Å². The maximum Gasteiger partial charge on any atom is 0.339 e. The lowest BCUT2D eigenvalue weighted by molar-refractivity contribution is -0.131. The van der Waals surface area contributed by atoms with Gasteiger partial charge in [0.25, 0.3) is 5.91 Å². The van der Waals surface area contributed by atoms with Gasteiger partial charge in [-0.15, -0.1) is 0 Å². The molecule has 0 unspecified atom stereocenters. The van der Waals surface area contributed by atoms with Crippen molar-refractivity contribution in [1.82, 2.24) is 9.88 Å². The zero-order valence-corrected chi connectivity index (χ0v) is 19.9. The number of methoxy groups -OCH3 is 2. The largest absolute Gasteiger partial charge is 0.493 e. The van der Waals surface area contributed by atoms with Gasteiger partial charge in [0, 0.05) is 19.5 Å². The van der Waals surface area contributed by atoms with Gasteiger partial charge in [-0.2, -0.15) is 0 Å². The van der Waals surface area contributed by atoms with E-state index < -0.39 is 5.97 Å². The van der Waals surface area contributed by atoms with Crippen molar-refractivity contribution >= 4 is 34.4 Å². The van der Waals surface area contributed by atoms with Crippen LogP contribution in [-0.2, 0) is 16.0 Å². The number of likely N-dealkylation sites (N-methyl/N-ethyl adjacent to an activating group) is 1. The molecule has 1 heterocycles. The van der Waals surface area contributed by atoms with E-state index in [4.69, 9.17) is 19.2 Å². The number of para-hydroxylation sites is 1. The molecule has 7 nitrogen and oxygen atoms in total. The molecule has 0 bridgehead atoms. The van der Waals surface area contributed by atoms with E-state index in [0.717, 1.165) is 40.6 Å². The van der Waals surface area contributed by atoms with Gasteiger partial charge in [-0.05, 0) is 60.2 Å². The van der Waals surface area contributed by atoms with E-state index in [1.165, 1.54) is 4.90 Å². The minimum atomic E-state index is -0.502. The molecule has 0 saturated heterocycles. The number of carbonyl (C=O) groups is 2. The summed E-state index contributed by atoms with van der Waals surface area (Å²) in [4.78, 5) is 31.5. The van der Waals surface area contributed by atoms with Crippen LogP contribution in [0.2, 0.25) is 0 Å². The average Bonchev–Trinajstić information content (AvgIpc) is 2.85. The SMILES string of the molecule is COc1ccc(C=C2CCCc3c2nc2ccccc2c3C(=O)OCC(=O)N(C)C)cc1OC. The minimum absolute atomic E-state index is 0.269. The smallest absolute Gasteiger partial charge is 0.339 e. The summed E-state index contributed by atoms with van der Waals surface area (Å²) in [7, 11) is 6.47. The number of benzene rings is 2. The summed E-state index contributed by atoms with van der Waals surface area (Å²) in [6.45, 7) is -0.300. The molecule has 34 heavy (non-hydrogen) atoms. The number of rotatable bonds is 6. The number of nitrogens with zero attached hydrogens (tertiary/aromatic N) is 2. The highest BCUT2D eigenvalue weighted by Gasteiger charge is 2.26. The first-order valence-electron chi connectivity index (χ1n) is 11.1. The number of ether oxygens (including phenoxy) is 3. The zero-order valence-electron chi connectivity index (χ0n) is 19.9. The maximum atomic E-state index is 13.2. The summed E-state index contributed by atoms with van der Waals surface area (Å²) in [6.07, 6.45) is 4.50. The molecule has 0 aliphatic heterocycles. The second-order valence-corrected chi connectivity index (χ2v) is 8.33. The number of fused-ring (bicyclic) bond motifs is 2. The zero-order chi connectivity index (χ0) is 24.2. The van der Waals surface area contributed by atoms with E-state index in [1.807, 2.05) is 42.5 Å². The van der Waals surface area contributed by atoms with Gasteiger partial charge in [-0.1, -0.05) is 24.3 Å².